The summed E-state index contributed by atoms with van der Waals surface area (Å²) in [5.41, 5.74) is 0. The van der Waals surface area contributed by atoms with Crippen molar-refractivity contribution in [1.82, 2.24) is 4.72 Å². The summed E-state index contributed by atoms with van der Waals surface area (Å²) in [5.74, 6) is -1.56. The Hall–Kier alpha value is -1.31. The van der Waals surface area contributed by atoms with Gasteiger partial charge in [-0.05, 0) is 24.1 Å². The van der Waals surface area contributed by atoms with Gasteiger partial charge in [-0.1, -0.05) is 25.4 Å². The van der Waals surface area contributed by atoms with Crippen molar-refractivity contribution in [2.24, 2.45) is 5.92 Å². The maximum Gasteiger partial charge on any atom is 0.322 e. The molecule has 0 bridgehead atoms. The van der Waals surface area contributed by atoms with Crippen LogP contribution in [0.3, 0.4) is 0 Å². The predicted molar refractivity (Wildman–Crippen MR) is 74.6 cm³/mol. The molecule has 0 heterocycles. The van der Waals surface area contributed by atoms with Crippen molar-refractivity contribution in [3.05, 3.63) is 23.2 Å². The Kier molecular flexibility index (Phi) is 5.38. The van der Waals surface area contributed by atoms with Crippen molar-refractivity contribution in [2.75, 3.05) is 7.11 Å². The third-order valence-corrected chi connectivity index (χ3v) is 4.33. The molecular weight excluding hydrogens is 306 g/mol. The summed E-state index contributed by atoms with van der Waals surface area (Å²) in [7, 11) is -2.74. The number of nitrogens with one attached hydrogen (secondary N) is 1. The van der Waals surface area contributed by atoms with E-state index in [0.29, 0.717) is 0 Å². The number of benzene rings is 1. The molecule has 2 N–H and O–H groups in total. The van der Waals surface area contributed by atoms with E-state index in [0.717, 1.165) is 0 Å². The van der Waals surface area contributed by atoms with E-state index in [1.807, 2.05) is 0 Å². The van der Waals surface area contributed by atoms with Gasteiger partial charge in [0.1, 0.15) is 16.7 Å². The lowest BCUT2D eigenvalue weighted by atomic mass is 10.1. The Morgan fingerprint density at radius 3 is 2.45 bits per heavy atom. The normalized spacial score (nSPS) is 13.2. The molecule has 1 aromatic carbocycles. The zero-order valence-corrected chi connectivity index (χ0v) is 12.8. The number of hydrogen-bond donors (Lipinski definition) is 2. The van der Waals surface area contributed by atoms with Crippen LogP contribution in [0, 0.1) is 5.92 Å². The van der Waals surface area contributed by atoms with Crippen LogP contribution < -0.4 is 9.46 Å². The molecule has 0 fully saturated rings. The predicted octanol–water partition coefficient (Wildman–Crippen LogP) is 1.74. The lowest BCUT2D eigenvalue weighted by Gasteiger charge is -2.19. The molecule has 1 unspecified atom stereocenters. The Labute approximate surface area is 122 Å². The van der Waals surface area contributed by atoms with E-state index in [1.165, 1.54) is 25.3 Å². The number of carbonyl (C=O) groups is 1. The summed E-state index contributed by atoms with van der Waals surface area (Å²) >= 11 is 5.78. The molecule has 20 heavy (non-hydrogen) atoms. The summed E-state index contributed by atoms with van der Waals surface area (Å²) in [4.78, 5) is 10.9. The van der Waals surface area contributed by atoms with Gasteiger partial charge in [0.15, 0.2) is 0 Å². The fourth-order valence-corrected chi connectivity index (χ4v) is 3.33. The van der Waals surface area contributed by atoms with Crippen molar-refractivity contribution in [3.8, 4) is 5.75 Å². The number of hydrogen-bond acceptors (Lipinski definition) is 4. The summed E-state index contributed by atoms with van der Waals surface area (Å²) in [5, 5.41) is 9.26. The minimum Gasteiger partial charge on any atom is -0.495 e. The second-order valence-corrected chi connectivity index (χ2v) is 6.60. The number of sulfonamides is 1. The van der Waals surface area contributed by atoms with E-state index in [1.54, 1.807) is 13.8 Å². The quantitative estimate of drug-likeness (QED) is 0.832. The van der Waals surface area contributed by atoms with Crippen LogP contribution in [0.5, 0.6) is 5.75 Å². The van der Waals surface area contributed by atoms with Crippen LogP contribution in [0.15, 0.2) is 23.1 Å². The molecule has 0 aliphatic carbocycles. The highest BCUT2D eigenvalue weighted by Crippen LogP contribution is 2.27. The van der Waals surface area contributed by atoms with Crippen LogP contribution in [-0.4, -0.2) is 32.6 Å². The minimum absolute atomic E-state index is 0.0924. The van der Waals surface area contributed by atoms with Crippen LogP contribution in [0.1, 0.15) is 13.8 Å². The highest BCUT2D eigenvalue weighted by Gasteiger charge is 2.29. The molecule has 0 saturated heterocycles. The lowest BCUT2D eigenvalue weighted by molar-refractivity contribution is -0.140. The van der Waals surface area contributed by atoms with E-state index >= 15 is 0 Å². The summed E-state index contributed by atoms with van der Waals surface area (Å²) in [6, 6.07) is 2.87. The maximum atomic E-state index is 12.3. The van der Waals surface area contributed by atoms with Crippen LogP contribution in [0.4, 0.5) is 0 Å². The van der Waals surface area contributed by atoms with Crippen LogP contribution in [0.2, 0.25) is 5.02 Å². The summed E-state index contributed by atoms with van der Waals surface area (Å²) < 4.78 is 31.6. The number of rotatable bonds is 6. The molecule has 0 spiro atoms. The lowest BCUT2D eigenvalue weighted by Crippen LogP contribution is -2.44. The first kappa shape index (κ1) is 16.7. The average molecular weight is 322 g/mol. The zero-order valence-electron chi connectivity index (χ0n) is 11.3. The molecule has 0 saturated carbocycles. The monoisotopic (exact) mass is 321 g/mol. The van der Waals surface area contributed by atoms with E-state index in [4.69, 9.17) is 21.4 Å². The first-order valence-electron chi connectivity index (χ1n) is 5.77. The highest BCUT2D eigenvalue weighted by atomic mass is 35.5. The molecule has 0 amide bonds. The number of methoxy groups -OCH3 is 1. The first-order valence-corrected chi connectivity index (χ1v) is 7.64. The van der Waals surface area contributed by atoms with E-state index in [9.17, 15) is 13.2 Å². The van der Waals surface area contributed by atoms with Crippen LogP contribution in [-0.2, 0) is 14.8 Å². The second kappa shape index (κ2) is 6.43. The molecule has 1 aromatic rings. The molecule has 112 valence electrons. The SMILES string of the molecule is COc1ccc(Cl)cc1S(=O)(=O)NC(C(=O)O)C(C)C. The highest BCUT2D eigenvalue weighted by molar-refractivity contribution is 7.89. The molecule has 0 radical (unpaired) electrons. The molecule has 0 aliphatic rings. The molecular formula is C12H16ClNO5S. The van der Waals surface area contributed by atoms with Gasteiger partial charge >= 0.3 is 5.97 Å². The molecule has 1 rings (SSSR count). The molecule has 1 atom stereocenters. The van der Waals surface area contributed by atoms with Crippen molar-refractivity contribution in [1.29, 1.82) is 0 Å². The summed E-state index contributed by atoms with van der Waals surface area (Å²) in [6.07, 6.45) is 0. The average Bonchev–Trinajstić information content (AvgIpc) is 2.35. The minimum atomic E-state index is -4.06. The number of carboxylic acids is 1. The Morgan fingerprint density at radius 1 is 1.40 bits per heavy atom. The second-order valence-electron chi connectivity index (χ2n) is 4.48. The third-order valence-electron chi connectivity index (χ3n) is 2.63. The fraction of sp³-hybridized carbons (Fsp3) is 0.417. The largest absolute Gasteiger partial charge is 0.495 e. The zero-order chi connectivity index (χ0) is 15.5. The van der Waals surface area contributed by atoms with Gasteiger partial charge in [0.2, 0.25) is 10.0 Å². The number of aliphatic carboxylic acids is 1. The van der Waals surface area contributed by atoms with Crippen molar-refractivity contribution >= 4 is 27.6 Å². The van der Waals surface area contributed by atoms with Gasteiger partial charge in [0.25, 0.3) is 0 Å². The van der Waals surface area contributed by atoms with E-state index in [2.05, 4.69) is 4.72 Å². The molecule has 0 aliphatic heterocycles. The first-order chi connectivity index (χ1) is 9.19. The smallest absolute Gasteiger partial charge is 0.322 e. The third kappa shape index (κ3) is 3.84. The van der Waals surface area contributed by atoms with E-state index < -0.39 is 28.0 Å². The van der Waals surface area contributed by atoms with Crippen molar-refractivity contribution < 1.29 is 23.1 Å². The van der Waals surface area contributed by atoms with E-state index in [-0.39, 0.29) is 15.7 Å². The Bertz CT molecular complexity index is 600. The molecule has 8 heteroatoms. The number of carboxylic acid groups (broad SMARTS) is 1. The fourth-order valence-electron chi connectivity index (χ4n) is 1.56. The standard InChI is InChI=1S/C12H16ClNO5S/c1-7(2)11(12(15)16)14-20(17,18)10-6-8(13)4-5-9(10)19-3/h4-7,11,14H,1-3H3,(H,15,16). The number of halogens is 1. The van der Waals surface area contributed by atoms with Crippen LogP contribution >= 0.6 is 11.6 Å². The molecule has 6 nitrogen and oxygen atoms in total. The van der Waals surface area contributed by atoms with Crippen molar-refractivity contribution in [2.45, 2.75) is 24.8 Å². The Morgan fingerprint density at radius 2 is 2.00 bits per heavy atom. The van der Waals surface area contributed by atoms with Gasteiger partial charge < -0.3 is 9.84 Å². The topological polar surface area (TPSA) is 92.7 Å². The van der Waals surface area contributed by atoms with Gasteiger partial charge in [-0.2, -0.15) is 4.72 Å². The molecule has 0 aromatic heterocycles. The van der Waals surface area contributed by atoms with Gasteiger partial charge in [-0.15, -0.1) is 0 Å². The summed E-state index contributed by atoms with van der Waals surface area (Å²) in [6.45, 7) is 3.22. The van der Waals surface area contributed by atoms with Crippen molar-refractivity contribution in [3.63, 3.8) is 0 Å². The Balaban J connectivity index is 3.23. The number of ether oxygens (including phenoxy) is 1. The van der Waals surface area contributed by atoms with Gasteiger partial charge in [0, 0.05) is 5.02 Å². The van der Waals surface area contributed by atoms with Gasteiger partial charge in [-0.3, -0.25) is 4.79 Å². The van der Waals surface area contributed by atoms with Gasteiger partial charge in [0.05, 0.1) is 7.11 Å². The van der Waals surface area contributed by atoms with Crippen LogP contribution in [0.25, 0.3) is 0 Å². The maximum absolute atomic E-state index is 12.3. The van der Waals surface area contributed by atoms with Gasteiger partial charge in [-0.25, -0.2) is 8.42 Å².